The predicted molar refractivity (Wildman–Crippen MR) is 56.6 cm³/mol. The molecule has 3 heterocycles. The summed E-state index contributed by atoms with van der Waals surface area (Å²) in [6, 6.07) is 2.06. The van der Waals surface area contributed by atoms with E-state index in [1.54, 1.807) is 6.20 Å². The number of nitrogens with zero attached hydrogens (tertiary/aromatic N) is 2. The molecule has 4 nitrogen and oxygen atoms in total. The maximum absolute atomic E-state index is 5.27. The number of fused-ring (bicyclic) bond motifs is 1. The summed E-state index contributed by atoms with van der Waals surface area (Å²) < 4.78 is 5.27. The third kappa shape index (κ3) is 1.51. The van der Waals surface area contributed by atoms with Crippen molar-refractivity contribution in [1.29, 1.82) is 0 Å². The van der Waals surface area contributed by atoms with Crippen molar-refractivity contribution >= 4 is 11.1 Å². The van der Waals surface area contributed by atoms with Gasteiger partial charge in [0.15, 0.2) is 5.58 Å². The first-order chi connectivity index (χ1) is 7.45. The number of pyridine rings is 1. The van der Waals surface area contributed by atoms with Gasteiger partial charge >= 0.3 is 0 Å². The van der Waals surface area contributed by atoms with E-state index in [4.69, 9.17) is 4.52 Å². The number of rotatable bonds is 1. The molecule has 0 spiro atoms. The molecular formula is C11H13N3O. The number of hydrogen-bond donors (Lipinski definition) is 1. The Hall–Kier alpha value is -1.42. The number of hydrogen-bond acceptors (Lipinski definition) is 4. The van der Waals surface area contributed by atoms with E-state index in [1.807, 2.05) is 6.20 Å². The van der Waals surface area contributed by atoms with E-state index in [0.29, 0.717) is 5.92 Å². The molecule has 0 amide bonds. The quantitative estimate of drug-likeness (QED) is 0.766. The van der Waals surface area contributed by atoms with Crippen LogP contribution >= 0.6 is 0 Å². The second-order valence-electron chi connectivity index (χ2n) is 3.96. The van der Waals surface area contributed by atoms with Crippen molar-refractivity contribution in [3.63, 3.8) is 0 Å². The smallest absolute Gasteiger partial charge is 0.188 e. The van der Waals surface area contributed by atoms with Crippen molar-refractivity contribution in [3.05, 3.63) is 24.0 Å². The van der Waals surface area contributed by atoms with E-state index in [-0.39, 0.29) is 0 Å². The number of piperidine rings is 1. The van der Waals surface area contributed by atoms with E-state index < -0.39 is 0 Å². The standard InChI is InChI=1S/C11H13N3O/c1-4-12-5-2-8(1)9-3-6-13-10-7-14-15-11(9)10/h3,6-8,12H,1-2,4-5H2. The van der Waals surface area contributed by atoms with Gasteiger partial charge in [-0.05, 0) is 37.9 Å². The highest BCUT2D eigenvalue weighted by Crippen LogP contribution is 2.30. The Bertz CT molecular complexity index is 460. The Labute approximate surface area is 87.7 Å². The van der Waals surface area contributed by atoms with Crippen LogP contribution in [0.1, 0.15) is 24.3 Å². The first kappa shape index (κ1) is 8.85. The van der Waals surface area contributed by atoms with Gasteiger partial charge in [0, 0.05) is 11.8 Å². The fourth-order valence-corrected chi connectivity index (χ4v) is 2.25. The third-order valence-corrected chi connectivity index (χ3v) is 3.06. The molecule has 1 saturated heterocycles. The highest BCUT2D eigenvalue weighted by atomic mass is 16.5. The van der Waals surface area contributed by atoms with E-state index in [9.17, 15) is 0 Å². The van der Waals surface area contributed by atoms with E-state index in [1.165, 1.54) is 18.4 Å². The molecule has 0 radical (unpaired) electrons. The van der Waals surface area contributed by atoms with Crippen molar-refractivity contribution < 1.29 is 4.52 Å². The molecule has 3 rings (SSSR count). The summed E-state index contributed by atoms with van der Waals surface area (Å²) in [4.78, 5) is 4.22. The molecule has 78 valence electrons. The van der Waals surface area contributed by atoms with Gasteiger partial charge in [0.05, 0.1) is 6.20 Å². The minimum absolute atomic E-state index is 0.588. The molecule has 0 atom stereocenters. The summed E-state index contributed by atoms with van der Waals surface area (Å²) in [6.45, 7) is 2.17. The summed E-state index contributed by atoms with van der Waals surface area (Å²) in [5.41, 5.74) is 2.99. The molecule has 2 aromatic heterocycles. The van der Waals surface area contributed by atoms with Crippen LogP contribution in [0.2, 0.25) is 0 Å². The van der Waals surface area contributed by atoms with Crippen molar-refractivity contribution in [2.45, 2.75) is 18.8 Å². The van der Waals surface area contributed by atoms with Crippen LogP contribution in [0.3, 0.4) is 0 Å². The lowest BCUT2D eigenvalue weighted by atomic mass is 9.90. The first-order valence-electron chi connectivity index (χ1n) is 5.35. The van der Waals surface area contributed by atoms with Crippen LogP contribution in [0.4, 0.5) is 0 Å². The molecule has 0 unspecified atom stereocenters. The van der Waals surface area contributed by atoms with Gasteiger partial charge in [-0.1, -0.05) is 5.16 Å². The molecule has 1 aliphatic heterocycles. The van der Waals surface area contributed by atoms with E-state index in [0.717, 1.165) is 24.2 Å². The van der Waals surface area contributed by atoms with Gasteiger partial charge in [-0.15, -0.1) is 0 Å². The van der Waals surface area contributed by atoms with Crippen LogP contribution in [0.5, 0.6) is 0 Å². The molecule has 0 aromatic carbocycles. The van der Waals surface area contributed by atoms with Crippen molar-refractivity contribution in [3.8, 4) is 0 Å². The SMILES string of the molecule is c1cc(C2CCNCC2)c2oncc2n1. The van der Waals surface area contributed by atoms with Crippen molar-refractivity contribution in [1.82, 2.24) is 15.5 Å². The Balaban J connectivity index is 2.05. The third-order valence-electron chi connectivity index (χ3n) is 3.06. The van der Waals surface area contributed by atoms with Crippen LogP contribution in [0, 0.1) is 0 Å². The molecule has 0 bridgehead atoms. The van der Waals surface area contributed by atoms with Gasteiger partial charge < -0.3 is 9.84 Å². The highest BCUT2D eigenvalue weighted by Gasteiger charge is 2.19. The monoisotopic (exact) mass is 203 g/mol. The van der Waals surface area contributed by atoms with Crippen molar-refractivity contribution in [2.24, 2.45) is 0 Å². The van der Waals surface area contributed by atoms with Crippen molar-refractivity contribution in [2.75, 3.05) is 13.1 Å². The minimum atomic E-state index is 0.588. The number of nitrogens with one attached hydrogen (secondary N) is 1. The van der Waals surface area contributed by atoms with Crippen LogP contribution in [0.15, 0.2) is 23.0 Å². The van der Waals surface area contributed by atoms with Gasteiger partial charge in [0.1, 0.15) is 5.52 Å². The number of aromatic nitrogens is 2. The normalized spacial score (nSPS) is 18.4. The maximum Gasteiger partial charge on any atom is 0.188 e. The molecule has 1 N–H and O–H groups in total. The molecular weight excluding hydrogens is 190 g/mol. The second-order valence-corrected chi connectivity index (χ2v) is 3.96. The lowest BCUT2D eigenvalue weighted by Crippen LogP contribution is -2.26. The zero-order valence-electron chi connectivity index (χ0n) is 8.44. The lowest BCUT2D eigenvalue weighted by molar-refractivity contribution is 0.433. The maximum atomic E-state index is 5.27. The molecule has 1 aliphatic rings. The average Bonchev–Trinajstić information content (AvgIpc) is 2.78. The van der Waals surface area contributed by atoms with Gasteiger partial charge in [0.2, 0.25) is 0 Å². The summed E-state index contributed by atoms with van der Waals surface area (Å²) >= 11 is 0. The zero-order valence-corrected chi connectivity index (χ0v) is 8.44. The Morgan fingerprint density at radius 2 is 2.20 bits per heavy atom. The average molecular weight is 203 g/mol. The fraction of sp³-hybridized carbons (Fsp3) is 0.455. The molecule has 0 saturated carbocycles. The zero-order chi connectivity index (χ0) is 10.1. The minimum Gasteiger partial charge on any atom is -0.354 e. The topological polar surface area (TPSA) is 51.0 Å². The van der Waals surface area contributed by atoms with Crippen LogP contribution in [-0.4, -0.2) is 23.2 Å². The van der Waals surface area contributed by atoms with E-state index >= 15 is 0 Å². The molecule has 2 aromatic rings. The molecule has 1 fully saturated rings. The molecule has 4 heteroatoms. The van der Waals surface area contributed by atoms with Crippen LogP contribution in [0.25, 0.3) is 11.1 Å². The van der Waals surface area contributed by atoms with Gasteiger partial charge in [-0.2, -0.15) is 0 Å². The van der Waals surface area contributed by atoms with Crippen LogP contribution in [-0.2, 0) is 0 Å². The lowest BCUT2D eigenvalue weighted by Gasteiger charge is -2.22. The fourth-order valence-electron chi connectivity index (χ4n) is 2.25. The summed E-state index contributed by atoms with van der Waals surface area (Å²) in [5.74, 6) is 0.588. The Morgan fingerprint density at radius 1 is 1.33 bits per heavy atom. The van der Waals surface area contributed by atoms with E-state index in [2.05, 4.69) is 21.5 Å². The summed E-state index contributed by atoms with van der Waals surface area (Å²) in [6.07, 6.45) is 5.86. The van der Waals surface area contributed by atoms with Gasteiger partial charge in [0.25, 0.3) is 0 Å². The van der Waals surface area contributed by atoms with Gasteiger partial charge in [-0.25, -0.2) is 0 Å². The predicted octanol–water partition coefficient (Wildman–Crippen LogP) is 1.69. The first-order valence-corrected chi connectivity index (χ1v) is 5.35. The Morgan fingerprint density at radius 3 is 3.07 bits per heavy atom. The molecule has 0 aliphatic carbocycles. The van der Waals surface area contributed by atoms with Gasteiger partial charge in [-0.3, -0.25) is 4.98 Å². The molecule has 15 heavy (non-hydrogen) atoms. The Kier molecular flexibility index (Phi) is 2.14. The van der Waals surface area contributed by atoms with Crippen LogP contribution < -0.4 is 5.32 Å². The largest absolute Gasteiger partial charge is 0.354 e. The highest BCUT2D eigenvalue weighted by molar-refractivity contribution is 5.75. The summed E-state index contributed by atoms with van der Waals surface area (Å²) in [5, 5.41) is 7.17. The summed E-state index contributed by atoms with van der Waals surface area (Å²) in [7, 11) is 0. The second kappa shape index (κ2) is 3.62.